The van der Waals surface area contributed by atoms with E-state index < -0.39 is 11.6 Å². The Kier molecular flexibility index (Phi) is 9.25. The minimum Gasteiger partial charge on any atom is -0.508 e. The number of rotatable bonds is 1. The Hall–Kier alpha value is -4.20. The van der Waals surface area contributed by atoms with Crippen molar-refractivity contribution in [3.8, 4) is 23.0 Å². The molecule has 2 aromatic heterocycles. The van der Waals surface area contributed by atoms with Gasteiger partial charge in [-0.05, 0) is 49.4 Å². The summed E-state index contributed by atoms with van der Waals surface area (Å²) in [5, 5.41) is 14.9. The predicted molar refractivity (Wildman–Crippen MR) is 183 cm³/mol. The second kappa shape index (κ2) is 13.6. The lowest BCUT2D eigenvalue weighted by Crippen LogP contribution is -2.55. The molecule has 11 nitrogen and oxygen atoms in total. The molecular weight excluding hydrogens is 632 g/mol. The number of hydrogen-bond acceptors (Lipinski definition) is 10. The van der Waals surface area contributed by atoms with Crippen LogP contribution in [0, 0.1) is 11.6 Å². The van der Waals surface area contributed by atoms with Crippen LogP contribution in [0.1, 0.15) is 39.5 Å². The summed E-state index contributed by atoms with van der Waals surface area (Å²) in [7, 11) is 1.80. The van der Waals surface area contributed by atoms with E-state index in [4.69, 9.17) is 14.5 Å². The molecular formula is C36H43F2N7O4. The fourth-order valence-corrected chi connectivity index (χ4v) is 7.92. The molecule has 3 unspecified atom stereocenters. The summed E-state index contributed by atoms with van der Waals surface area (Å²) in [6, 6.07) is 7.23. The topological polar surface area (TPSA) is 116 Å². The molecule has 2 N–H and O–H groups in total. The smallest absolute Gasteiger partial charge is 0.319 e. The Morgan fingerprint density at radius 2 is 1.96 bits per heavy atom. The predicted octanol–water partition coefficient (Wildman–Crippen LogP) is 4.50. The Labute approximate surface area is 284 Å². The molecule has 4 aliphatic rings. The Morgan fingerprint density at radius 1 is 1.10 bits per heavy atom. The molecule has 13 heteroatoms. The summed E-state index contributed by atoms with van der Waals surface area (Å²) in [5.74, 6) is -0.943. The highest BCUT2D eigenvalue weighted by molar-refractivity contribution is 6.00. The number of hydrogen-bond donors (Lipinski definition) is 2. The maximum absolute atomic E-state index is 16.8. The monoisotopic (exact) mass is 675 g/mol. The number of nitrogens with one attached hydrogen (secondary N) is 1. The number of aromatic nitrogens is 3. The molecule has 6 heterocycles. The fraction of sp³-hybridized carbons (Fsp3) is 0.500. The van der Waals surface area contributed by atoms with Gasteiger partial charge in [-0.2, -0.15) is 9.97 Å². The van der Waals surface area contributed by atoms with Gasteiger partial charge in [0, 0.05) is 63.0 Å². The summed E-state index contributed by atoms with van der Waals surface area (Å²) in [6.45, 7) is 8.56. The van der Waals surface area contributed by atoms with E-state index >= 15 is 8.78 Å². The number of carbonyl (C=O) groups excluding carboxylic acids is 1. The summed E-state index contributed by atoms with van der Waals surface area (Å²) in [4.78, 5) is 33.1. The number of pyridine rings is 1. The highest BCUT2D eigenvalue weighted by atomic mass is 19.1. The molecule has 0 radical (unpaired) electrons. The van der Waals surface area contributed by atoms with Crippen molar-refractivity contribution < 1.29 is 28.2 Å². The average Bonchev–Trinajstić information content (AvgIpc) is 3.65. The molecule has 0 saturated carbocycles. The van der Waals surface area contributed by atoms with Gasteiger partial charge in [0.15, 0.2) is 5.82 Å². The summed E-state index contributed by atoms with van der Waals surface area (Å²) in [5.41, 5.74) is -0.278. The number of phenolic OH excluding ortho intramolecular Hbond substituents is 1. The number of nitrogens with zero attached hydrogens (tertiary/aromatic N) is 6. The molecule has 1 spiro atoms. The van der Waals surface area contributed by atoms with Gasteiger partial charge < -0.3 is 29.7 Å². The maximum atomic E-state index is 16.8. The third-order valence-corrected chi connectivity index (χ3v) is 10.2. The molecule has 2 aromatic carbocycles. The lowest BCUT2D eigenvalue weighted by Gasteiger charge is -2.36. The number of amides is 1. The van der Waals surface area contributed by atoms with Gasteiger partial charge in [-0.3, -0.25) is 14.7 Å². The summed E-state index contributed by atoms with van der Waals surface area (Å²) >= 11 is 0. The number of phenols is 1. The Balaban J connectivity index is 0.00000186. The molecule has 1 amide bonds. The van der Waals surface area contributed by atoms with E-state index in [0.29, 0.717) is 62.4 Å². The van der Waals surface area contributed by atoms with Gasteiger partial charge in [-0.1, -0.05) is 26.0 Å². The quantitative estimate of drug-likeness (QED) is 0.299. The number of likely N-dealkylation sites (N-methyl/N-ethyl adjacent to an activating group) is 1. The van der Waals surface area contributed by atoms with E-state index in [1.165, 1.54) is 30.5 Å². The van der Waals surface area contributed by atoms with Gasteiger partial charge in [-0.15, -0.1) is 0 Å². The molecule has 0 aliphatic carbocycles. The van der Waals surface area contributed by atoms with Crippen molar-refractivity contribution in [3.63, 3.8) is 0 Å². The molecule has 4 aliphatic heterocycles. The zero-order valence-electron chi connectivity index (χ0n) is 28.2. The lowest BCUT2D eigenvalue weighted by molar-refractivity contribution is -0.131. The number of fused-ring (bicyclic) bond motifs is 9. The second-order valence-electron chi connectivity index (χ2n) is 13.2. The average molecular weight is 676 g/mol. The van der Waals surface area contributed by atoms with E-state index in [1.54, 1.807) is 18.0 Å². The highest BCUT2D eigenvalue weighted by Gasteiger charge is 2.49. The van der Waals surface area contributed by atoms with E-state index in [-0.39, 0.29) is 57.5 Å². The van der Waals surface area contributed by atoms with Crippen molar-refractivity contribution in [2.75, 3.05) is 64.4 Å². The SMILES string of the molecule is CC.CN1CC2CN(CCN2)c2nc(nc3c(F)c(-c4cc(O)cc5cccc(F)c45)ncc23)OCC23CCCN2CC(C3)OCCC1=O. The minimum absolute atomic E-state index is 0.00321. The number of piperazine rings is 1. The van der Waals surface area contributed by atoms with Crippen LogP contribution in [0.3, 0.4) is 0 Å². The van der Waals surface area contributed by atoms with Crippen LogP contribution < -0.4 is 15.0 Å². The minimum atomic E-state index is -0.760. The van der Waals surface area contributed by atoms with E-state index in [0.717, 1.165) is 32.4 Å². The van der Waals surface area contributed by atoms with Crippen molar-refractivity contribution in [1.82, 2.24) is 30.1 Å². The van der Waals surface area contributed by atoms with Gasteiger partial charge >= 0.3 is 6.01 Å². The third kappa shape index (κ3) is 6.23. The third-order valence-electron chi connectivity index (χ3n) is 10.2. The van der Waals surface area contributed by atoms with Crippen LogP contribution >= 0.6 is 0 Å². The number of benzene rings is 2. The van der Waals surface area contributed by atoms with E-state index in [2.05, 4.69) is 20.2 Å². The van der Waals surface area contributed by atoms with Crippen molar-refractivity contribution in [2.45, 2.75) is 57.2 Å². The van der Waals surface area contributed by atoms with Gasteiger partial charge in [0.05, 0.1) is 30.1 Å². The number of carbonyl (C=O) groups is 1. The Bertz CT molecular complexity index is 1880. The van der Waals surface area contributed by atoms with Crippen LogP contribution in [0.15, 0.2) is 36.5 Å². The van der Waals surface area contributed by atoms with Gasteiger partial charge in [-0.25, -0.2) is 8.78 Å². The van der Waals surface area contributed by atoms with E-state index in [9.17, 15) is 9.90 Å². The zero-order valence-corrected chi connectivity index (χ0v) is 28.2. The first-order valence-corrected chi connectivity index (χ1v) is 17.3. The zero-order chi connectivity index (χ0) is 34.3. The van der Waals surface area contributed by atoms with Crippen LogP contribution in [0.25, 0.3) is 32.9 Å². The number of anilines is 1. The number of aromatic hydroxyl groups is 1. The molecule has 3 saturated heterocycles. The molecule has 49 heavy (non-hydrogen) atoms. The summed E-state index contributed by atoms with van der Waals surface area (Å²) < 4.78 is 44.5. The molecule has 3 fully saturated rings. The van der Waals surface area contributed by atoms with Crippen LogP contribution in [0.4, 0.5) is 14.6 Å². The second-order valence-corrected chi connectivity index (χ2v) is 13.2. The first-order chi connectivity index (χ1) is 23.8. The molecule has 3 atom stereocenters. The summed E-state index contributed by atoms with van der Waals surface area (Å²) in [6.07, 6.45) is 4.52. The van der Waals surface area contributed by atoms with Crippen molar-refractivity contribution in [3.05, 3.63) is 48.2 Å². The van der Waals surface area contributed by atoms with Crippen LogP contribution in [0.2, 0.25) is 0 Å². The normalized spacial score (nSPS) is 24.7. The first kappa shape index (κ1) is 33.3. The highest BCUT2D eigenvalue weighted by Crippen LogP contribution is 2.41. The molecule has 260 valence electrons. The van der Waals surface area contributed by atoms with Gasteiger partial charge in [0.25, 0.3) is 0 Å². The lowest BCUT2D eigenvalue weighted by atomic mass is 9.94. The van der Waals surface area contributed by atoms with Crippen molar-refractivity contribution >= 4 is 33.4 Å². The standard InChI is InChI=1S/C34H37F2N7O4.C2H6/c1-41-16-21-17-42(10-8-37-21)32-25-15-38-30(24-13-22(44)12-20-4-2-5-26(35)28(20)24)29(36)31(25)39-33(40-32)47-19-34-7-3-9-43(34)18-23(14-34)46-11-6-27(41)45;1-2/h2,4-5,12-13,15,21,23,37,44H,3,6-11,14,16-19H2,1H3;1-2H3. The largest absolute Gasteiger partial charge is 0.508 e. The van der Waals surface area contributed by atoms with Crippen LogP contribution in [0.5, 0.6) is 11.8 Å². The number of halogens is 2. The first-order valence-electron chi connectivity index (χ1n) is 17.3. The van der Waals surface area contributed by atoms with Gasteiger partial charge in [0.2, 0.25) is 5.91 Å². The molecule has 8 rings (SSSR count). The van der Waals surface area contributed by atoms with Crippen molar-refractivity contribution in [2.24, 2.45) is 0 Å². The molecule has 4 aromatic rings. The van der Waals surface area contributed by atoms with Crippen molar-refractivity contribution in [1.29, 1.82) is 0 Å². The Morgan fingerprint density at radius 3 is 2.82 bits per heavy atom. The van der Waals surface area contributed by atoms with Gasteiger partial charge in [0.1, 0.15) is 35.2 Å². The number of ether oxygens (including phenoxy) is 2. The van der Waals surface area contributed by atoms with E-state index in [1.807, 2.05) is 18.7 Å². The van der Waals surface area contributed by atoms with Crippen LogP contribution in [-0.4, -0.2) is 113 Å². The van der Waals surface area contributed by atoms with Crippen LogP contribution in [-0.2, 0) is 9.53 Å². The maximum Gasteiger partial charge on any atom is 0.319 e. The molecule has 6 bridgehead atoms. The fourth-order valence-electron chi connectivity index (χ4n) is 7.92.